The number of primary amides is 1. The molecule has 2 aromatic rings. The van der Waals surface area contributed by atoms with E-state index in [1.165, 1.54) is 50.6 Å². The lowest BCUT2D eigenvalue weighted by Crippen LogP contribution is -2.62. The third-order valence-corrected chi connectivity index (χ3v) is 19.2. The molecular formula is C74H116N26O29. The highest BCUT2D eigenvalue weighted by atomic mass is 16.4. The van der Waals surface area contributed by atoms with E-state index in [0.29, 0.717) is 5.69 Å². The highest BCUT2D eigenvalue weighted by molar-refractivity contribution is 6.02. The molecule has 0 aliphatic carbocycles. The van der Waals surface area contributed by atoms with Gasteiger partial charge in [0.1, 0.15) is 96.4 Å². The molecule has 55 heteroatoms. The molecule has 17 amide bonds. The van der Waals surface area contributed by atoms with Gasteiger partial charge in [0.2, 0.25) is 100 Å². The number of carbonyl (C=O) groups excluding carboxylic acids is 17. The van der Waals surface area contributed by atoms with Crippen LogP contribution in [-0.4, -0.2) is 346 Å². The number of hydrogen-bond acceptors (Lipinski definition) is 30. The van der Waals surface area contributed by atoms with Crippen molar-refractivity contribution < 1.29 is 142 Å². The molecule has 3 rings (SSSR count). The SMILES string of the molecule is CC(C)[C@H](NC(=O)[C@H](CO)NC(=O)[C@@H]1CCCN1C(=O)[C@H](CC(=O)O)NC(=O)[C@@H](N)CC(=O)O)C(=O)N[C@@H](CO)C(=O)N[C@@H](C)C(=O)N[C@@H](CO)C(=O)N[C@@H](CCC(N)=O)C(=O)N[C@@H](CO)C(=O)N[C@@H](C)C(=O)N[C@@H](CCCNC(=N)N)C(=O)N[C@@H](Cc1ccc(O)cc1)C(=O)N[C@@H](CCCNC(=N)N)C(=O)N[C@H](C(=O)NCC(=O)N[C@@H](Cc1cnc[nH]1)C(=O)O)[C@@H](C)O. The third kappa shape index (κ3) is 38.3. The Labute approximate surface area is 735 Å². The van der Waals surface area contributed by atoms with E-state index in [1.54, 1.807) is 0 Å². The van der Waals surface area contributed by atoms with Crippen LogP contribution in [0, 0.1) is 16.7 Å². The molecule has 1 aliphatic heterocycles. The minimum Gasteiger partial charge on any atom is -0.508 e. The number of rotatable bonds is 57. The minimum atomic E-state index is -2.02. The van der Waals surface area contributed by atoms with E-state index in [4.69, 9.17) is 38.9 Å². The fourth-order valence-electron chi connectivity index (χ4n) is 12.2. The molecule has 1 saturated heterocycles. The lowest BCUT2D eigenvalue weighted by atomic mass is 10.0. The summed E-state index contributed by atoms with van der Waals surface area (Å²) in [5.74, 6) is -26.5. The van der Waals surface area contributed by atoms with E-state index in [1.807, 2.05) is 0 Å². The molecule has 0 bridgehead atoms. The van der Waals surface area contributed by atoms with Gasteiger partial charge in [-0.25, -0.2) is 9.78 Å². The second-order valence-corrected chi connectivity index (χ2v) is 30.0. The van der Waals surface area contributed by atoms with Crippen molar-refractivity contribution in [1.82, 2.24) is 105 Å². The molecule has 1 aromatic heterocycles. The van der Waals surface area contributed by atoms with Crippen LogP contribution in [0.1, 0.15) is 110 Å². The Hall–Kier alpha value is -14.1. The van der Waals surface area contributed by atoms with Gasteiger partial charge in [-0.15, -0.1) is 0 Å². The molecule has 0 spiro atoms. The van der Waals surface area contributed by atoms with Crippen LogP contribution in [0.3, 0.4) is 0 Å². The van der Waals surface area contributed by atoms with Crippen molar-refractivity contribution in [2.45, 2.75) is 214 Å². The average molecular weight is 1830 g/mol. The summed E-state index contributed by atoms with van der Waals surface area (Å²) >= 11 is 0. The Morgan fingerprint density at radius 2 is 0.907 bits per heavy atom. The number of imidazole rings is 1. The Morgan fingerprint density at radius 3 is 1.37 bits per heavy atom. The molecule has 0 radical (unpaired) electrons. The van der Waals surface area contributed by atoms with Gasteiger partial charge >= 0.3 is 17.9 Å². The zero-order valence-corrected chi connectivity index (χ0v) is 70.9. The average Bonchev–Trinajstić information content (AvgIpc) is 1.72. The number of amides is 17. The van der Waals surface area contributed by atoms with Crippen LogP contribution in [0.15, 0.2) is 36.8 Å². The second kappa shape index (κ2) is 54.7. The van der Waals surface area contributed by atoms with Gasteiger partial charge in [-0.1, -0.05) is 26.0 Å². The number of carboxylic acid groups (broad SMARTS) is 3. The Bertz CT molecular complexity index is 4280. The van der Waals surface area contributed by atoms with Crippen LogP contribution in [0.25, 0.3) is 0 Å². The molecule has 0 unspecified atom stereocenters. The first kappa shape index (κ1) is 109. The summed E-state index contributed by atoms with van der Waals surface area (Å²) in [6, 6.07) is -22.9. The minimum absolute atomic E-state index is 0.0362. The molecule has 1 aromatic carbocycles. The quantitative estimate of drug-likeness (QED) is 0.0166. The number of carboxylic acids is 3. The number of carbonyl (C=O) groups is 20. The van der Waals surface area contributed by atoms with Crippen molar-refractivity contribution in [2.75, 3.05) is 52.6 Å². The number of aromatic amines is 1. The zero-order valence-electron chi connectivity index (χ0n) is 70.9. The Morgan fingerprint density at radius 1 is 0.481 bits per heavy atom. The largest absolute Gasteiger partial charge is 0.508 e. The highest BCUT2D eigenvalue weighted by Crippen LogP contribution is 2.21. The van der Waals surface area contributed by atoms with E-state index < -0.39 is 304 Å². The molecule has 1 aliphatic rings. The molecule has 716 valence electrons. The first-order valence-electron chi connectivity index (χ1n) is 40.2. The summed E-state index contributed by atoms with van der Waals surface area (Å²) in [5.41, 5.74) is 22.5. The number of nitrogens with zero attached hydrogens (tertiary/aromatic N) is 2. The number of aromatic hydroxyl groups is 1. The molecule has 1 fully saturated rings. The van der Waals surface area contributed by atoms with Crippen molar-refractivity contribution in [3.05, 3.63) is 48.0 Å². The summed E-state index contributed by atoms with van der Waals surface area (Å²) in [7, 11) is 0. The molecule has 0 saturated carbocycles. The summed E-state index contributed by atoms with van der Waals surface area (Å²) in [6.07, 6.45) is -3.64. The van der Waals surface area contributed by atoms with Crippen LogP contribution < -0.4 is 113 Å². The molecule has 55 nitrogen and oxygen atoms in total. The molecular weight excluding hydrogens is 1720 g/mol. The number of H-pyrrole nitrogens is 1. The lowest BCUT2D eigenvalue weighted by molar-refractivity contribution is -0.146. The van der Waals surface area contributed by atoms with Crippen LogP contribution in [0.5, 0.6) is 5.75 Å². The number of aliphatic carboxylic acids is 3. The molecule has 129 heavy (non-hydrogen) atoms. The number of guanidine groups is 2. The maximum absolute atomic E-state index is 14.6. The van der Waals surface area contributed by atoms with E-state index in [9.17, 15) is 137 Å². The van der Waals surface area contributed by atoms with E-state index >= 15 is 0 Å². The maximum Gasteiger partial charge on any atom is 0.326 e. The van der Waals surface area contributed by atoms with Crippen molar-refractivity contribution in [1.29, 1.82) is 10.8 Å². The van der Waals surface area contributed by atoms with Crippen molar-refractivity contribution in [2.24, 2.45) is 28.9 Å². The molecule has 2 heterocycles. The Balaban J connectivity index is 1.78. The summed E-state index contributed by atoms with van der Waals surface area (Å²) in [5, 5.41) is 144. The number of nitrogens with two attached hydrogens (primary N) is 4. The monoisotopic (exact) mass is 1830 g/mol. The summed E-state index contributed by atoms with van der Waals surface area (Å²) in [4.78, 5) is 274. The molecule has 17 atom stereocenters. The van der Waals surface area contributed by atoms with Crippen molar-refractivity contribution >= 4 is 130 Å². The number of hydrogen-bond donors (Lipinski definition) is 33. The van der Waals surface area contributed by atoms with Crippen LogP contribution in [-0.2, 0) is 109 Å². The van der Waals surface area contributed by atoms with E-state index in [-0.39, 0.29) is 75.9 Å². The van der Waals surface area contributed by atoms with Crippen LogP contribution in [0.4, 0.5) is 0 Å². The number of likely N-dealkylation sites (tertiary alicyclic amines) is 1. The normalized spacial score (nSPS) is 15.9. The van der Waals surface area contributed by atoms with Gasteiger partial charge in [0.25, 0.3) is 0 Å². The van der Waals surface area contributed by atoms with Gasteiger partial charge in [0, 0.05) is 50.8 Å². The Kier molecular flexibility index (Phi) is 46.3. The van der Waals surface area contributed by atoms with Crippen LogP contribution >= 0.6 is 0 Å². The van der Waals surface area contributed by atoms with Gasteiger partial charge in [0.05, 0.1) is 64.3 Å². The van der Waals surface area contributed by atoms with Gasteiger partial charge in [-0.05, 0) is 89.3 Å². The first-order chi connectivity index (χ1) is 60.6. The fourth-order valence-corrected chi connectivity index (χ4v) is 12.2. The van der Waals surface area contributed by atoms with Crippen LogP contribution in [0.2, 0.25) is 0 Å². The van der Waals surface area contributed by atoms with Gasteiger partial charge in [-0.3, -0.25) is 102 Å². The van der Waals surface area contributed by atoms with Crippen molar-refractivity contribution in [3.8, 4) is 5.75 Å². The number of aliphatic hydroxyl groups excluding tert-OH is 5. The van der Waals surface area contributed by atoms with Crippen molar-refractivity contribution in [3.63, 3.8) is 0 Å². The molecule has 37 N–H and O–H groups in total. The summed E-state index contributed by atoms with van der Waals surface area (Å²) in [6.45, 7) is 0.0421. The highest BCUT2D eigenvalue weighted by Gasteiger charge is 2.43. The van der Waals surface area contributed by atoms with Gasteiger partial charge in [-0.2, -0.15) is 0 Å². The van der Waals surface area contributed by atoms with E-state index in [2.05, 4.69) is 100 Å². The number of phenols is 1. The standard InChI is InChI=1S/C74H116N26O29/c1-32(2)55(98-67(123)49(30-104)96-68(124)50-11-8-20-100(50)71(127)44(24-54(111)112)93-59(115)39(75)23-53(109)110)70(126)97-47(28-102)65(121)87-34(4)58(114)94-48(29-103)66(122)91-42(16-17-51(76)107)61(117)95-46(27-101)64(120)86-33(3)57(113)89-40(9-6-18-82-73(77)78)60(116)92-43(21-36-12-14-38(106)15-13-36)63(119)90-41(10-7-19-83-74(79)80)62(118)99-56(35(5)105)69(125)84-26-52(108)88-45(72(128)129)22-37-25-81-31-85-37/h12-15,25,31-35,39-50,55-56,101-106H,6-11,16-24,26-30,75H2,1-5H3,(H2,76,107)(H,81,85)(H,84,125)(H,86,120)(H,87,121)(H,88,108)(H,89,113)(H,90,119)(H,91,122)(H,92,116)(H,93,115)(H,94,114)(H,95,117)(H,96,124)(H,97,126)(H,98,123)(H,99,118)(H,109,110)(H,111,112)(H,128,129)(H4,77,78,82)(H4,79,80,83)/t33-,34-,35+,39-,40-,41-,42-,43-,44-,45-,46-,47-,48-,49-,50-,55-,56-/m0/s1. The predicted molar refractivity (Wildman–Crippen MR) is 442 cm³/mol. The number of aromatic nitrogens is 2. The topological polar surface area (TPSA) is 912 Å². The number of aliphatic hydroxyl groups is 5. The number of benzene rings is 1. The number of phenolic OH excluding ortho intramolecular Hbond substituents is 1. The maximum atomic E-state index is 14.6. The third-order valence-electron chi connectivity index (χ3n) is 19.2. The fraction of sp³-hybridized carbons (Fsp3) is 0.581. The summed E-state index contributed by atoms with van der Waals surface area (Å²) < 4.78 is 0. The van der Waals surface area contributed by atoms with Gasteiger partial charge < -0.3 is 169 Å². The smallest absolute Gasteiger partial charge is 0.326 e. The number of nitrogens with one attached hydrogen (secondary N) is 20. The van der Waals surface area contributed by atoms with E-state index in [0.717, 1.165) is 25.7 Å². The first-order valence-corrected chi connectivity index (χ1v) is 40.2. The zero-order chi connectivity index (χ0) is 97.2. The van der Waals surface area contributed by atoms with Gasteiger partial charge in [0.15, 0.2) is 11.9 Å². The predicted octanol–water partition coefficient (Wildman–Crippen LogP) is -15.0. The lowest BCUT2D eigenvalue weighted by Gasteiger charge is -2.30. The second-order valence-electron chi connectivity index (χ2n) is 30.0.